The molecule has 30 heavy (non-hydrogen) atoms. The van der Waals surface area contributed by atoms with Gasteiger partial charge in [-0.05, 0) is 63.1 Å². The van der Waals surface area contributed by atoms with Crippen LogP contribution in [0.4, 0.5) is 4.39 Å². The maximum absolute atomic E-state index is 13.2. The summed E-state index contributed by atoms with van der Waals surface area (Å²) >= 11 is 0. The molecule has 0 aromatic heterocycles. The Morgan fingerprint density at radius 2 is 2.03 bits per heavy atom. The average Bonchev–Trinajstić information content (AvgIpc) is 3.09. The van der Waals surface area contributed by atoms with Crippen LogP contribution < -0.4 is 5.32 Å². The van der Waals surface area contributed by atoms with E-state index in [1.54, 1.807) is 19.1 Å². The van der Waals surface area contributed by atoms with E-state index in [1.807, 2.05) is 4.90 Å². The molecular formula is C23H31FN2O4. The molecule has 2 atom stereocenters. The van der Waals surface area contributed by atoms with Crippen LogP contribution in [0.2, 0.25) is 0 Å². The molecule has 2 aliphatic heterocycles. The van der Waals surface area contributed by atoms with E-state index in [-0.39, 0.29) is 36.1 Å². The molecule has 0 radical (unpaired) electrons. The monoisotopic (exact) mass is 418 g/mol. The van der Waals surface area contributed by atoms with Crippen LogP contribution in [0, 0.1) is 5.82 Å². The number of piperidine rings is 1. The van der Waals surface area contributed by atoms with Crippen molar-refractivity contribution in [3.8, 4) is 0 Å². The Balaban J connectivity index is 1.63. The van der Waals surface area contributed by atoms with Crippen LogP contribution >= 0.6 is 0 Å². The van der Waals surface area contributed by atoms with Gasteiger partial charge >= 0.3 is 5.97 Å². The molecule has 6 nitrogen and oxygen atoms in total. The minimum absolute atomic E-state index is 0.0114. The molecule has 2 amide bonds. The Morgan fingerprint density at radius 3 is 2.70 bits per heavy atom. The summed E-state index contributed by atoms with van der Waals surface area (Å²) < 4.78 is 18.3. The fourth-order valence-electron chi connectivity index (χ4n) is 4.62. The van der Waals surface area contributed by atoms with Gasteiger partial charge in [-0.1, -0.05) is 12.1 Å². The maximum Gasteiger partial charge on any atom is 0.307 e. The average molecular weight is 419 g/mol. The zero-order valence-electron chi connectivity index (χ0n) is 17.6. The molecule has 0 bridgehead atoms. The molecule has 0 spiro atoms. The molecule has 2 heterocycles. The van der Waals surface area contributed by atoms with Crippen molar-refractivity contribution in [2.75, 3.05) is 13.2 Å². The first-order chi connectivity index (χ1) is 14.4. The second-order valence-electron chi connectivity index (χ2n) is 8.38. The summed E-state index contributed by atoms with van der Waals surface area (Å²) in [5.41, 5.74) is 0.445. The summed E-state index contributed by atoms with van der Waals surface area (Å²) in [6, 6.07) is 6.17. The van der Waals surface area contributed by atoms with E-state index in [4.69, 9.17) is 4.74 Å². The first-order valence-electron chi connectivity index (χ1n) is 10.9. The highest BCUT2D eigenvalue weighted by molar-refractivity contribution is 5.81. The van der Waals surface area contributed by atoms with E-state index in [1.165, 1.54) is 12.1 Å². The quantitative estimate of drug-likeness (QED) is 0.658. The van der Waals surface area contributed by atoms with E-state index in [9.17, 15) is 18.8 Å². The van der Waals surface area contributed by atoms with E-state index in [0.717, 1.165) is 24.8 Å². The summed E-state index contributed by atoms with van der Waals surface area (Å²) in [4.78, 5) is 38.8. The van der Waals surface area contributed by atoms with Gasteiger partial charge in [0, 0.05) is 31.0 Å². The van der Waals surface area contributed by atoms with Gasteiger partial charge in [0.25, 0.3) is 0 Å². The maximum atomic E-state index is 13.2. The van der Waals surface area contributed by atoms with Crippen LogP contribution in [0.3, 0.4) is 0 Å². The minimum atomic E-state index is -0.489. The number of carbonyl (C=O) groups is 3. The predicted molar refractivity (Wildman–Crippen MR) is 110 cm³/mol. The fraction of sp³-hybridized carbons (Fsp3) is 0.609. The van der Waals surface area contributed by atoms with Gasteiger partial charge in [-0.3, -0.25) is 14.4 Å². The van der Waals surface area contributed by atoms with Crippen molar-refractivity contribution in [1.29, 1.82) is 0 Å². The van der Waals surface area contributed by atoms with E-state index in [0.29, 0.717) is 45.3 Å². The van der Waals surface area contributed by atoms with Crippen molar-refractivity contribution >= 4 is 17.8 Å². The first kappa shape index (κ1) is 22.2. The highest BCUT2D eigenvalue weighted by atomic mass is 19.1. The number of hydrogen-bond acceptors (Lipinski definition) is 4. The number of halogens is 1. The third-order valence-electron chi connectivity index (χ3n) is 6.16. The molecule has 0 saturated carbocycles. The number of likely N-dealkylation sites (tertiary alicyclic amines) is 1. The SMILES string of the molecule is CCOC(=O)C[C@H]1CCCCN1C(=O)CC[C@]1(Cc2ccc(F)cc2)CCC(=O)N1. The Labute approximate surface area is 177 Å². The van der Waals surface area contributed by atoms with Crippen molar-refractivity contribution in [3.05, 3.63) is 35.6 Å². The van der Waals surface area contributed by atoms with Crippen molar-refractivity contribution in [2.24, 2.45) is 0 Å². The molecule has 0 aliphatic carbocycles. The Kier molecular flexibility index (Phi) is 7.45. The van der Waals surface area contributed by atoms with Crippen molar-refractivity contribution in [1.82, 2.24) is 10.2 Å². The molecule has 2 saturated heterocycles. The van der Waals surface area contributed by atoms with Crippen molar-refractivity contribution in [3.63, 3.8) is 0 Å². The van der Waals surface area contributed by atoms with Gasteiger partial charge in [-0.15, -0.1) is 0 Å². The second kappa shape index (κ2) is 10.0. The summed E-state index contributed by atoms with van der Waals surface area (Å²) in [5.74, 6) is -0.555. The number of nitrogens with one attached hydrogen (secondary N) is 1. The third kappa shape index (κ3) is 5.80. The van der Waals surface area contributed by atoms with Gasteiger partial charge in [0.05, 0.1) is 13.0 Å². The van der Waals surface area contributed by atoms with Gasteiger partial charge in [0.2, 0.25) is 11.8 Å². The number of rotatable bonds is 8. The molecule has 1 N–H and O–H groups in total. The number of nitrogens with zero attached hydrogens (tertiary/aromatic N) is 1. The Bertz CT molecular complexity index is 767. The summed E-state index contributed by atoms with van der Waals surface area (Å²) in [7, 11) is 0. The van der Waals surface area contributed by atoms with Gasteiger partial charge < -0.3 is 15.0 Å². The van der Waals surface area contributed by atoms with Crippen LogP contribution in [-0.4, -0.2) is 47.4 Å². The number of ether oxygens (including phenoxy) is 1. The lowest BCUT2D eigenvalue weighted by molar-refractivity contribution is -0.146. The highest BCUT2D eigenvalue weighted by Gasteiger charge is 2.39. The van der Waals surface area contributed by atoms with E-state index >= 15 is 0 Å². The normalized spacial score (nSPS) is 23.9. The lowest BCUT2D eigenvalue weighted by Crippen LogP contribution is -2.47. The van der Waals surface area contributed by atoms with Crippen LogP contribution in [-0.2, 0) is 25.5 Å². The summed E-state index contributed by atoms with van der Waals surface area (Å²) in [5, 5.41) is 3.07. The molecule has 3 rings (SSSR count). The second-order valence-corrected chi connectivity index (χ2v) is 8.38. The molecule has 164 valence electrons. The van der Waals surface area contributed by atoms with Gasteiger partial charge in [-0.25, -0.2) is 4.39 Å². The molecule has 2 fully saturated rings. The van der Waals surface area contributed by atoms with Crippen molar-refractivity contribution < 1.29 is 23.5 Å². The first-order valence-corrected chi connectivity index (χ1v) is 10.9. The number of carbonyl (C=O) groups excluding carboxylic acids is 3. The zero-order valence-corrected chi connectivity index (χ0v) is 17.6. The molecular weight excluding hydrogens is 387 g/mol. The highest BCUT2D eigenvalue weighted by Crippen LogP contribution is 2.31. The predicted octanol–water partition coefficient (Wildman–Crippen LogP) is 3.13. The largest absolute Gasteiger partial charge is 0.466 e. The summed E-state index contributed by atoms with van der Waals surface area (Å²) in [6.45, 7) is 2.77. The number of benzene rings is 1. The molecule has 0 unspecified atom stereocenters. The minimum Gasteiger partial charge on any atom is -0.466 e. The van der Waals surface area contributed by atoms with Crippen LogP contribution in [0.1, 0.15) is 63.9 Å². The number of esters is 1. The van der Waals surface area contributed by atoms with Gasteiger partial charge in [0.1, 0.15) is 5.82 Å². The van der Waals surface area contributed by atoms with E-state index in [2.05, 4.69) is 5.32 Å². The topological polar surface area (TPSA) is 75.7 Å². The van der Waals surface area contributed by atoms with Crippen molar-refractivity contribution in [2.45, 2.75) is 76.3 Å². The lowest BCUT2D eigenvalue weighted by atomic mass is 9.84. The molecule has 1 aromatic carbocycles. The Hall–Kier alpha value is -2.44. The Morgan fingerprint density at radius 1 is 1.27 bits per heavy atom. The smallest absolute Gasteiger partial charge is 0.307 e. The van der Waals surface area contributed by atoms with Gasteiger partial charge in [0.15, 0.2) is 0 Å². The van der Waals surface area contributed by atoms with E-state index < -0.39 is 5.54 Å². The molecule has 2 aliphatic rings. The summed E-state index contributed by atoms with van der Waals surface area (Å²) in [6.07, 6.45) is 5.46. The fourth-order valence-corrected chi connectivity index (χ4v) is 4.62. The molecule has 7 heteroatoms. The van der Waals surface area contributed by atoms with Crippen LogP contribution in [0.25, 0.3) is 0 Å². The lowest BCUT2D eigenvalue weighted by Gasteiger charge is -2.36. The molecule has 1 aromatic rings. The van der Waals surface area contributed by atoms with Crippen LogP contribution in [0.5, 0.6) is 0 Å². The third-order valence-corrected chi connectivity index (χ3v) is 6.16. The number of hydrogen-bond donors (Lipinski definition) is 1. The van der Waals surface area contributed by atoms with Gasteiger partial charge in [-0.2, -0.15) is 0 Å². The zero-order chi connectivity index (χ0) is 21.6. The van der Waals surface area contributed by atoms with Crippen LogP contribution in [0.15, 0.2) is 24.3 Å². The standard InChI is InChI=1S/C23H31FN2O4/c1-2-30-22(29)15-19-5-3-4-14-26(19)21(28)11-13-23(12-10-20(27)25-23)16-17-6-8-18(24)9-7-17/h6-9,19H,2-5,10-16H2,1H3,(H,25,27)/t19-,23+/m1/s1. The number of amides is 2.